The summed E-state index contributed by atoms with van der Waals surface area (Å²) in [5, 5.41) is 34.1. The minimum atomic E-state index is -1.92. The number of nitrogens with zero attached hydrogens (tertiary/aromatic N) is 2. The molecule has 0 radical (unpaired) electrons. The van der Waals surface area contributed by atoms with Gasteiger partial charge in [0.25, 0.3) is 5.56 Å². The number of fused-ring (bicyclic) bond motifs is 5. The zero-order chi connectivity index (χ0) is 19.8. The molecule has 8 heteroatoms. The van der Waals surface area contributed by atoms with Crippen molar-refractivity contribution in [3.63, 3.8) is 0 Å². The predicted molar refractivity (Wildman–Crippen MR) is 97.4 cm³/mol. The summed E-state index contributed by atoms with van der Waals surface area (Å²) in [5.41, 5.74) is -0.265. The molecule has 0 unspecified atom stereocenters. The Balaban J connectivity index is 1.84. The topological polar surface area (TPSA) is 116 Å². The molecular formula is C20H16N2O6. The molecule has 2 N–H and O–H groups in total. The highest BCUT2D eigenvalue weighted by atomic mass is 16.6. The van der Waals surface area contributed by atoms with Gasteiger partial charge >= 0.3 is 5.97 Å². The number of aliphatic hydroxyl groups is 1. The maximum absolute atomic E-state index is 13.1. The monoisotopic (exact) mass is 380 g/mol. The average Bonchev–Trinajstić information content (AvgIpc) is 3.04. The van der Waals surface area contributed by atoms with Crippen molar-refractivity contribution in [2.75, 3.05) is 0 Å². The number of hydrogen-bond acceptors (Lipinski definition) is 6. The number of cyclic esters (lactones) is 1. The van der Waals surface area contributed by atoms with Gasteiger partial charge < -0.3 is 20.2 Å². The van der Waals surface area contributed by atoms with Crippen molar-refractivity contribution in [2.45, 2.75) is 32.1 Å². The third-order valence-electron chi connectivity index (χ3n) is 5.68. The van der Waals surface area contributed by atoms with Crippen LogP contribution in [-0.4, -0.2) is 20.7 Å². The van der Waals surface area contributed by atoms with Gasteiger partial charge in [0.15, 0.2) is 5.60 Å². The quantitative estimate of drug-likeness (QED) is 0.289. The summed E-state index contributed by atoms with van der Waals surface area (Å²) in [6.07, 6.45) is 0.0446. The van der Waals surface area contributed by atoms with Crippen LogP contribution in [0.3, 0.4) is 0 Å². The predicted octanol–water partition coefficient (Wildman–Crippen LogP) is 1.02. The molecule has 28 heavy (non-hydrogen) atoms. The van der Waals surface area contributed by atoms with Crippen LogP contribution in [0.25, 0.3) is 22.3 Å². The van der Waals surface area contributed by atoms with Gasteiger partial charge in [0.2, 0.25) is 11.2 Å². The standard InChI is InChI=1S/C20H16N2O6/c1-2-20(26)14-7-16-17-11(5-10-6-12(23)3-4-15(10)22(17)27)8-21(16)18(24)13(14)9-28-19(20)25/h3-7,23,26H,2,8-9H2,1H3/t20-/m0/s1. The molecule has 8 nitrogen and oxygen atoms in total. The van der Waals surface area contributed by atoms with Crippen LogP contribution in [0.5, 0.6) is 5.75 Å². The zero-order valence-electron chi connectivity index (χ0n) is 14.9. The fraction of sp³-hybridized carbons (Fsp3) is 0.250. The molecule has 2 aromatic heterocycles. The molecule has 0 saturated carbocycles. The van der Waals surface area contributed by atoms with E-state index in [2.05, 4.69) is 0 Å². The Labute approximate surface area is 158 Å². The lowest BCUT2D eigenvalue weighted by molar-refractivity contribution is -0.565. The molecule has 0 bridgehead atoms. The molecule has 5 rings (SSSR count). The van der Waals surface area contributed by atoms with E-state index in [0.29, 0.717) is 27.9 Å². The van der Waals surface area contributed by atoms with Crippen LogP contribution >= 0.6 is 0 Å². The summed E-state index contributed by atoms with van der Waals surface area (Å²) in [6, 6.07) is 7.73. The molecule has 3 aromatic rings. The van der Waals surface area contributed by atoms with E-state index >= 15 is 0 Å². The first kappa shape index (κ1) is 16.8. The van der Waals surface area contributed by atoms with Crippen LogP contribution in [0.15, 0.2) is 35.1 Å². The number of ether oxygens (including phenoxy) is 1. The van der Waals surface area contributed by atoms with E-state index < -0.39 is 17.1 Å². The van der Waals surface area contributed by atoms with Gasteiger partial charge in [-0.25, -0.2) is 4.79 Å². The number of phenolic OH excluding ortho intramolecular Hbond substituents is 1. The van der Waals surface area contributed by atoms with E-state index in [4.69, 9.17) is 4.74 Å². The number of carbonyl (C=O) groups excluding carboxylic acids is 1. The summed E-state index contributed by atoms with van der Waals surface area (Å²) < 4.78 is 7.20. The number of aromatic hydroxyl groups is 1. The first-order chi connectivity index (χ1) is 13.3. The molecule has 1 aromatic carbocycles. The van der Waals surface area contributed by atoms with E-state index in [0.717, 1.165) is 4.73 Å². The van der Waals surface area contributed by atoms with Crippen molar-refractivity contribution in [1.82, 2.24) is 4.57 Å². The molecule has 0 aliphatic carbocycles. The molecule has 0 saturated heterocycles. The summed E-state index contributed by atoms with van der Waals surface area (Å²) in [4.78, 5) is 25.2. The Hall–Kier alpha value is -3.39. The molecule has 0 spiro atoms. The van der Waals surface area contributed by atoms with E-state index in [1.165, 1.54) is 22.8 Å². The Kier molecular flexibility index (Phi) is 3.19. The number of rotatable bonds is 1. The number of esters is 1. The number of carbonyl (C=O) groups is 1. The highest BCUT2D eigenvalue weighted by Gasteiger charge is 2.46. The highest BCUT2D eigenvalue weighted by Crippen LogP contribution is 2.38. The number of pyridine rings is 2. The average molecular weight is 380 g/mol. The molecule has 142 valence electrons. The minimum Gasteiger partial charge on any atom is -0.618 e. The maximum Gasteiger partial charge on any atom is 0.343 e. The maximum atomic E-state index is 13.1. The summed E-state index contributed by atoms with van der Waals surface area (Å²) >= 11 is 0. The van der Waals surface area contributed by atoms with Crippen LogP contribution in [0.4, 0.5) is 0 Å². The largest absolute Gasteiger partial charge is 0.618 e. The molecule has 0 fully saturated rings. The van der Waals surface area contributed by atoms with Crippen molar-refractivity contribution >= 4 is 16.9 Å². The van der Waals surface area contributed by atoms with Crippen LogP contribution in [0.2, 0.25) is 0 Å². The lowest BCUT2D eigenvalue weighted by atomic mass is 9.86. The Bertz CT molecular complexity index is 1260. The third kappa shape index (κ3) is 1.95. The minimum absolute atomic E-state index is 0.0410. The smallest absolute Gasteiger partial charge is 0.343 e. The number of aromatic nitrogens is 2. The summed E-state index contributed by atoms with van der Waals surface area (Å²) in [6.45, 7) is 1.60. The van der Waals surface area contributed by atoms with Gasteiger partial charge in [0.05, 0.1) is 17.5 Å². The van der Waals surface area contributed by atoms with E-state index in [9.17, 15) is 25.0 Å². The SMILES string of the molecule is CC[C@@]1(O)C(=O)OCc2c1cc1n(c2=O)Cc2cc3cc(O)ccc3[n+]([O-])c2-1. The second kappa shape index (κ2) is 5.32. The van der Waals surface area contributed by atoms with Gasteiger partial charge in [-0.15, -0.1) is 0 Å². The van der Waals surface area contributed by atoms with Crippen LogP contribution < -0.4 is 10.3 Å². The van der Waals surface area contributed by atoms with Crippen molar-refractivity contribution in [1.29, 1.82) is 0 Å². The van der Waals surface area contributed by atoms with Gasteiger partial charge in [0, 0.05) is 17.2 Å². The van der Waals surface area contributed by atoms with E-state index in [1.54, 1.807) is 19.1 Å². The van der Waals surface area contributed by atoms with Crippen molar-refractivity contribution in [3.05, 3.63) is 62.6 Å². The van der Waals surface area contributed by atoms with Crippen molar-refractivity contribution < 1.29 is 24.5 Å². The number of benzene rings is 1. The molecule has 1 atom stereocenters. The molecule has 4 heterocycles. The Morgan fingerprint density at radius 2 is 2.07 bits per heavy atom. The van der Waals surface area contributed by atoms with Gasteiger partial charge in [-0.05, 0) is 30.7 Å². The third-order valence-corrected chi connectivity index (χ3v) is 5.68. The number of phenols is 1. The lowest BCUT2D eigenvalue weighted by Gasteiger charge is -2.31. The van der Waals surface area contributed by atoms with Gasteiger partial charge in [-0.2, -0.15) is 4.73 Å². The lowest BCUT2D eigenvalue weighted by Crippen LogP contribution is -2.44. The first-order valence-electron chi connectivity index (χ1n) is 8.90. The fourth-order valence-corrected chi connectivity index (χ4v) is 4.16. The van der Waals surface area contributed by atoms with Gasteiger partial charge in [-0.3, -0.25) is 9.36 Å². The van der Waals surface area contributed by atoms with Crippen LogP contribution in [0.1, 0.15) is 30.0 Å². The Morgan fingerprint density at radius 3 is 2.82 bits per heavy atom. The molecule has 0 amide bonds. The second-order valence-corrected chi connectivity index (χ2v) is 7.16. The molecule has 2 aliphatic heterocycles. The zero-order valence-corrected chi connectivity index (χ0v) is 14.9. The first-order valence-corrected chi connectivity index (χ1v) is 8.90. The van der Waals surface area contributed by atoms with Crippen molar-refractivity contribution in [2.24, 2.45) is 0 Å². The van der Waals surface area contributed by atoms with Crippen LogP contribution in [0, 0.1) is 5.21 Å². The molecular weight excluding hydrogens is 364 g/mol. The normalized spacial score (nSPS) is 19.9. The van der Waals surface area contributed by atoms with Crippen LogP contribution in [-0.2, 0) is 28.3 Å². The van der Waals surface area contributed by atoms with Gasteiger partial charge in [-0.1, -0.05) is 6.92 Å². The summed E-state index contributed by atoms with van der Waals surface area (Å²) in [5.74, 6) is -0.756. The number of hydrogen-bond donors (Lipinski definition) is 2. The van der Waals surface area contributed by atoms with E-state index in [1.807, 2.05) is 0 Å². The van der Waals surface area contributed by atoms with Gasteiger partial charge in [0.1, 0.15) is 18.1 Å². The summed E-state index contributed by atoms with van der Waals surface area (Å²) in [7, 11) is 0. The van der Waals surface area contributed by atoms with Crippen molar-refractivity contribution in [3.8, 4) is 17.1 Å². The second-order valence-electron chi connectivity index (χ2n) is 7.16. The van der Waals surface area contributed by atoms with E-state index in [-0.39, 0.29) is 36.4 Å². The highest BCUT2D eigenvalue weighted by molar-refractivity contribution is 5.85. The molecule has 2 aliphatic rings. The fourth-order valence-electron chi connectivity index (χ4n) is 4.16. The Morgan fingerprint density at radius 1 is 1.29 bits per heavy atom.